The van der Waals surface area contributed by atoms with Crippen molar-refractivity contribution in [3.63, 3.8) is 0 Å². The maximum absolute atomic E-state index is 10.6. The van der Waals surface area contributed by atoms with Crippen molar-refractivity contribution in [3.05, 3.63) is 52.6 Å². The van der Waals surface area contributed by atoms with E-state index in [-0.39, 0.29) is 17.9 Å². The van der Waals surface area contributed by atoms with Crippen LogP contribution in [-0.4, -0.2) is 22.9 Å². The Morgan fingerprint density at radius 2 is 2.08 bits per heavy atom. The minimum Gasteiger partial charge on any atom is -0.465 e. The highest BCUT2D eigenvalue weighted by molar-refractivity contribution is 5.64. The van der Waals surface area contributed by atoms with Gasteiger partial charge < -0.3 is 15.5 Å². The van der Waals surface area contributed by atoms with Crippen LogP contribution in [0.3, 0.4) is 0 Å². The minimum absolute atomic E-state index is 0.201. The average Bonchev–Trinajstić information content (AvgIpc) is 2.58. The summed E-state index contributed by atoms with van der Waals surface area (Å²) in [6.45, 7) is 8.87. The summed E-state index contributed by atoms with van der Waals surface area (Å²) < 4.78 is 0. The molecule has 0 heterocycles. The van der Waals surface area contributed by atoms with Crippen molar-refractivity contribution in [3.8, 4) is 0 Å². The van der Waals surface area contributed by atoms with E-state index in [0.29, 0.717) is 0 Å². The van der Waals surface area contributed by atoms with E-state index >= 15 is 0 Å². The van der Waals surface area contributed by atoms with E-state index in [0.717, 1.165) is 17.5 Å². The van der Waals surface area contributed by atoms with Gasteiger partial charge in [0.1, 0.15) is 0 Å². The van der Waals surface area contributed by atoms with Crippen molar-refractivity contribution < 1.29 is 15.0 Å². The van der Waals surface area contributed by atoms with E-state index < -0.39 is 12.2 Å². The number of carboxylic acid groups (broad SMARTS) is 1. The van der Waals surface area contributed by atoms with Gasteiger partial charge in [-0.1, -0.05) is 56.7 Å². The number of amides is 1. The molecule has 4 heteroatoms. The van der Waals surface area contributed by atoms with Crippen LogP contribution in [0.15, 0.2) is 41.5 Å². The van der Waals surface area contributed by atoms with Gasteiger partial charge in [-0.2, -0.15) is 0 Å². The Labute approximate surface area is 156 Å². The predicted molar refractivity (Wildman–Crippen MR) is 106 cm³/mol. The summed E-state index contributed by atoms with van der Waals surface area (Å²) in [5, 5.41) is 21.5. The van der Waals surface area contributed by atoms with Gasteiger partial charge in [0.2, 0.25) is 0 Å². The summed E-state index contributed by atoms with van der Waals surface area (Å²) in [6, 6.07) is 7.82. The summed E-state index contributed by atoms with van der Waals surface area (Å²) in [7, 11) is 0. The van der Waals surface area contributed by atoms with E-state index in [2.05, 4.69) is 38.2 Å². The number of nitrogens with one attached hydrogen (secondary N) is 1. The number of aliphatic hydroxyl groups is 1. The molecule has 0 saturated carbocycles. The van der Waals surface area contributed by atoms with Gasteiger partial charge in [0.15, 0.2) is 0 Å². The normalized spacial score (nSPS) is 19.4. The lowest BCUT2D eigenvalue weighted by Crippen LogP contribution is -2.29. The van der Waals surface area contributed by atoms with Crippen LogP contribution in [0, 0.1) is 11.3 Å². The fourth-order valence-corrected chi connectivity index (χ4v) is 3.73. The van der Waals surface area contributed by atoms with Gasteiger partial charge in [-0.05, 0) is 54.4 Å². The number of hydrogen-bond acceptors (Lipinski definition) is 2. The van der Waals surface area contributed by atoms with Crippen LogP contribution in [0.5, 0.6) is 0 Å². The Morgan fingerprint density at radius 3 is 2.73 bits per heavy atom. The molecule has 2 atom stereocenters. The SMILES string of the molecule is CC1=C(/C=C/c2cccc(C(O)C(C)CNC(=O)O)c2)C(C)(C)CCC1. The maximum atomic E-state index is 10.6. The van der Waals surface area contributed by atoms with E-state index in [9.17, 15) is 9.90 Å². The predicted octanol–water partition coefficient (Wildman–Crippen LogP) is 5.16. The fraction of sp³-hybridized carbons (Fsp3) is 0.500. The third-order valence-electron chi connectivity index (χ3n) is 5.35. The zero-order valence-electron chi connectivity index (χ0n) is 16.2. The van der Waals surface area contributed by atoms with Crippen LogP contribution in [0.1, 0.15) is 64.2 Å². The molecule has 1 aliphatic carbocycles. The van der Waals surface area contributed by atoms with Crippen LogP contribution < -0.4 is 5.32 Å². The molecule has 26 heavy (non-hydrogen) atoms. The van der Waals surface area contributed by atoms with Gasteiger partial charge >= 0.3 is 6.09 Å². The summed E-state index contributed by atoms with van der Waals surface area (Å²) in [6.07, 6.45) is 6.17. The van der Waals surface area contributed by atoms with Gasteiger partial charge in [0, 0.05) is 12.5 Å². The Kier molecular flexibility index (Phi) is 6.65. The molecule has 1 aliphatic rings. The molecule has 0 fully saturated rings. The zero-order valence-corrected chi connectivity index (χ0v) is 16.2. The van der Waals surface area contributed by atoms with Crippen molar-refractivity contribution in [2.24, 2.45) is 11.3 Å². The lowest BCUT2D eigenvalue weighted by molar-refractivity contribution is 0.115. The van der Waals surface area contributed by atoms with Crippen molar-refractivity contribution >= 4 is 12.2 Å². The first-order valence-electron chi connectivity index (χ1n) is 9.34. The molecule has 2 rings (SSSR count). The second-order valence-electron chi connectivity index (χ2n) is 8.04. The summed E-state index contributed by atoms with van der Waals surface area (Å²) >= 11 is 0. The highest BCUT2D eigenvalue weighted by Gasteiger charge is 2.26. The molecule has 0 bridgehead atoms. The van der Waals surface area contributed by atoms with Crippen molar-refractivity contribution in [1.82, 2.24) is 5.32 Å². The molecule has 142 valence electrons. The lowest BCUT2D eigenvalue weighted by atomic mass is 9.72. The molecule has 0 saturated heterocycles. The quantitative estimate of drug-likeness (QED) is 0.658. The Bertz CT molecular complexity index is 703. The van der Waals surface area contributed by atoms with E-state index in [1.807, 2.05) is 31.2 Å². The van der Waals surface area contributed by atoms with Crippen LogP contribution >= 0.6 is 0 Å². The molecule has 0 spiro atoms. The minimum atomic E-state index is -1.07. The number of allylic oxidation sites excluding steroid dienone is 3. The zero-order chi connectivity index (χ0) is 19.3. The Balaban J connectivity index is 2.15. The topological polar surface area (TPSA) is 69.6 Å². The number of carbonyl (C=O) groups is 1. The van der Waals surface area contributed by atoms with Crippen molar-refractivity contribution in [2.45, 2.75) is 53.1 Å². The highest BCUT2D eigenvalue weighted by atomic mass is 16.4. The molecule has 1 amide bonds. The van der Waals surface area contributed by atoms with Crippen LogP contribution in [0.4, 0.5) is 4.79 Å². The fourth-order valence-electron chi connectivity index (χ4n) is 3.73. The van der Waals surface area contributed by atoms with Gasteiger partial charge in [0.25, 0.3) is 0 Å². The summed E-state index contributed by atoms with van der Waals surface area (Å²) in [4.78, 5) is 10.6. The third kappa shape index (κ3) is 5.21. The third-order valence-corrected chi connectivity index (χ3v) is 5.35. The molecule has 0 radical (unpaired) electrons. The second-order valence-corrected chi connectivity index (χ2v) is 8.04. The monoisotopic (exact) mass is 357 g/mol. The molecule has 4 nitrogen and oxygen atoms in total. The second kappa shape index (κ2) is 8.54. The molecule has 0 aromatic heterocycles. The van der Waals surface area contributed by atoms with Gasteiger partial charge in [-0.3, -0.25) is 0 Å². The number of rotatable bonds is 6. The molecule has 3 N–H and O–H groups in total. The van der Waals surface area contributed by atoms with Crippen LogP contribution in [0.2, 0.25) is 0 Å². The highest BCUT2D eigenvalue weighted by Crippen LogP contribution is 2.41. The standard InChI is InChI=1S/C22H31NO3/c1-15-7-6-12-22(3,4)19(15)11-10-17-8-5-9-18(13-17)20(24)16(2)14-23-21(25)26/h5,8-11,13,16,20,23-24H,6-7,12,14H2,1-4H3,(H,25,26)/b11-10+. The average molecular weight is 357 g/mol. The van der Waals surface area contributed by atoms with Crippen LogP contribution in [-0.2, 0) is 0 Å². The number of benzene rings is 1. The molecule has 1 aromatic carbocycles. The summed E-state index contributed by atoms with van der Waals surface area (Å²) in [5.41, 5.74) is 4.92. The van der Waals surface area contributed by atoms with Crippen molar-refractivity contribution in [1.29, 1.82) is 0 Å². The molecule has 1 aromatic rings. The van der Waals surface area contributed by atoms with Gasteiger partial charge in [0.05, 0.1) is 6.10 Å². The first-order chi connectivity index (χ1) is 12.2. The smallest absolute Gasteiger partial charge is 0.404 e. The maximum Gasteiger partial charge on any atom is 0.404 e. The molecular weight excluding hydrogens is 326 g/mol. The first-order valence-corrected chi connectivity index (χ1v) is 9.34. The molecule has 2 unspecified atom stereocenters. The van der Waals surface area contributed by atoms with E-state index in [1.54, 1.807) is 0 Å². The number of hydrogen-bond donors (Lipinski definition) is 3. The lowest BCUT2D eigenvalue weighted by Gasteiger charge is -2.32. The Hall–Kier alpha value is -2.07. The van der Waals surface area contributed by atoms with Crippen LogP contribution in [0.25, 0.3) is 6.08 Å². The first kappa shape index (κ1) is 20.2. The Morgan fingerprint density at radius 1 is 1.35 bits per heavy atom. The molecular formula is C22H31NO3. The largest absolute Gasteiger partial charge is 0.465 e. The molecule has 0 aliphatic heterocycles. The summed E-state index contributed by atoms with van der Waals surface area (Å²) in [5.74, 6) is -0.201. The number of aliphatic hydroxyl groups excluding tert-OH is 1. The van der Waals surface area contributed by atoms with Gasteiger partial charge in [-0.15, -0.1) is 0 Å². The van der Waals surface area contributed by atoms with E-state index in [4.69, 9.17) is 5.11 Å². The van der Waals surface area contributed by atoms with Crippen molar-refractivity contribution in [2.75, 3.05) is 6.54 Å². The van der Waals surface area contributed by atoms with Gasteiger partial charge in [-0.25, -0.2) is 4.79 Å². The van der Waals surface area contributed by atoms with E-state index in [1.165, 1.54) is 24.0 Å².